The number of hydrogen-bond acceptors (Lipinski definition) is 3. The van der Waals surface area contributed by atoms with E-state index >= 15 is 0 Å². The Morgan fingerprint density at radius 3 is 2.73 bits per heavy atom. The Hall–Kier alpha value is -0.0900. The summed E-state index contributed by atoms with van der Waals surface area (Å²) in [6.45, 7) is 0.852. The summed E-state index contributed by atoms with van der Waals surface area (Å²) in [5.74, 6) is 0. The highest BCUT2D eigenvalue weighted by Crippen LogP contribution is 2.20. The highest BCUT2D eigenvalue weighted by molar-refractivity contribution is 7.16. The van der Waals surface area contributed by atoms with Crippen molar-refractivity contribution in [1.29, 1.82) is 0 Å². The SMILES string of the molecule is CN(C)NCc1ccc(Cl)s1. The number of nitrogens with zero attached hydrogens (tertiary/aromatic N) is 1. The minimum Gasteiger partial charge on any atom is -0.250 e. The lowest BCUT2D eigenvalue weighted by atomic mass is 10.5. The molecule has 2 nitrogen and oxygen atoms in total. The molecular weight excluding hydrogens is 180 g/mol. The van der Waals surface area contributed by atoms with E-state index in [1.54, 1.807) is 11.3 Å². The molecule has 1 heterocycles. The monoisotopic (exact) mass is 190 g/mol. The van der Waals surface area contributed by atoms with E-state index in [2.05, 4.69) is 5.43 Å². The largest absolute Gasteiger partial charge is 0.250 e. The molecule has 0 saturated carbocycles. The van der Waals surface area contributed by atoms with Gasteiger partial charge in [0.15, 0.2) is 0 Å². The van der Waals surface area contributed by atoms with E-state index in [1.807, 2.05) is 31.2 Å². The standard InChI is InChI=1S/C7H11ClN2S/c1-10(2)9-5-6-3-4-7(8)11-6/h3-4,9H,5H2,1-2H3. The van der Waals surface area contributed by atoms with Crippen LogP contribution in [0.4, 0.5) is 0 Å². The predicted molar refractivity (Wildman–Crippen MR) is 49.9 cm³/mol. The molecule has 0 fully saturated rings. The van der Waals surface area contributed by atoms with Gasteiger partial charge in [-0.2, -0.15) is 0 Å². The molecule has 1 aromatic heterocycles. The van der Waals surface area contributed by atoms with Gasteiger partial charge in [-0.05, 0) is 12.1 Å². The Balaban J connectivity index is 2.39. The second kappa shape index (κ2) is 4.07. The molecule has 0 bridgehead atoms. The smallest absolute Gasteiger partial charge is 0.0931 e. The van der Waals surface area contributed by atoms with Gasteiger partial charge in [-0.15, -0.1) is 11.3 Å². The molecule has 0 unspecified atom stereocenters. The molecule has 1 N–H and O–H groups in total. The lowest BCUT2D eigenvalue weighted by molar-refractivity contribution is 0.287. The van der Waals surface area contributed by atoms with E-state index in [0.29, 0.717) is 0 Å². The van der Waals surface area contributed by atoms with Crippen LogP contribution >= 0.6 is 22.9 Å². The second-order valence-corrected chi connectivity index (χ2v) is 4.23. The third-order valence-electron chi connectivity index (χ3n) is 1.20. The quantitative estimate of drug-likeness (QED) is 0.734. The third kappa shape index (κ3) is 3.20. The maximum atomic E-state index is 5.75. The molecule has 1 aromatic rings. The molecule has 0 atom stereocenters. The van der Waals surface area contributed by atoms with Crippen LogP contribution in [0.2, 0.25) is 4.34 Å². The number of rotatable bonds is 3. The molecule has 0 aliphatic rings. The van der Waals surface area contributed by atoms with Gasteiger partial charge in [-0.3, -0.25) is 10.4 Å². The highest BCUT2D eigenvalue weighted by atomic mass is 35.5. The molecule has 0 saturated heterocycles. The molecule has 1 rings (SSSR count). The van der Waals surface area contributed by atoms with Crippen LogP contribution in [-0.2, 0) is 6.54 Å². The van der Waals surface area contributed by atoms with E-state index < -0.39 is 0 Å². The topological polar surface area (TPSA) is 15.3 Å². The zero-order chi connectivity index (χ0) is 8.27. The van der Waals surface area contributed by atoms with E-state index in [9.17, 15) is 0 Å². The van der Waals surface area contributed by atoms with Gasteiger partial charge in [0.25, 0.3) is 0 Å². The summed E-state index contributed by atoms with van der Waals surface area (Å²) in [5.41, 5.74) is 3.16. The molecule has 62 valence electrons. The summed E-state index contributed by atoms with van der Waals surface area (Å²) in [7, 11) is 3.93. The normalized spacial score (nSPS) is 10.9. The van der Waals surface area contributed by atoms with Crippen LogP contribution in [0.25, 0.3) is 0 Å². The minimum absolute atomic E-state index is 0.848. The zero-order valence-corrected chi connectivity index (χ0v) is 8.17. The van der Waals surface area contributed by atoms with Crippen molar-refractivity contribution in [3.05, 3.63) is 21.3 Å². The van der Waals surface area contributed by atoms with E-state index in [1.165, 1.54) is 4.88 Å². The Bertz CT molecular complexity index is 222. The Kier molecular flexibility index (Phi) is 3.33. The van der Waals surface area contributed by atoms with Gasteiger partial charge in [0.2, 0.25) is 0 Å². The summed E-state index contributed by atoms with van der Waals surface area (Å²) in [6.07, 6.45) is 0. The Morgan fingerprint density at radius 1 is 1.55 bits per heavy atom. The van der Waals surface area contributed by atoms with E-state index in [4.69, 9.17) is 11.6 Å². The summed E-state index contributed by atoms with van der Waals surface area (Å²) in [4.78, 5) is 1.25. The van der Waals surface area contributed by atoms with Gasteiger partial charge in [0.05, 0.1) is 4.34 Å². The van der Waals surface area contributed by atoms with Crippen molar-refractivity contribution in [2.24, 2.45) is 0 Å². The summed E-state index contributed by atoms with van der Waals surface area (Å²) >= 11 is 7.36. The van der Waals surface area contributed by atoms with Crippen LogP contribution in [-0.4, -0.2) is 19.1 Å². The van der Waals surface area contributed by atoms with E-state index in [-0.39, 0.29) is 0 Å². The van der Waals surface area contributed by atoms with Crippen LogP contribution in [0.3, 0.4) is 0 Å². The molecular formula is C7H11ClN2S. The molecule has 0 spiro atoms. The first-order chi connectivity index (χ1) is 5.18. The first-order valence-corrected chi connectivity index (χ1v) is 4.53. The summed E-state index contributed by atoms with van der Waals surface area (Å²) in [6, 6.07) is 3.95. The van der Waals surface area contributed by atoms with Crippen molar-refractivity contribution in [1.82, 2.24) is 10.4 Å². The fourth-order valence-corrected chi connectivity index (χ4v) is 1.70. The van der Waals surface area contributed by atoms with Gasteiger partial charge in [0.1, 0.15) is 0 Å². The molecule has 11 heavy (non-hydrogen) atoms. The van der Waals surface area contributed by atoms with Gasteiger partial charge in [-0.25, -0.2) is 0 Å². The van der Waals surface area contributed by atoms with Gasteiger partial charge >= 0.3 is 0 Å². The van der Waals surface area contributed by atoms with E-state index in [0.717, 1.165) is 10.9 Å². The molecule has 4 heteroatoms. The average molecular weight is 191 g/mol. The second-order valence-electron chi connectivity index (χ2n) is 2.44. The fourth-order valence-electron chi connectivity index (χ4n) is 0.683. The summed E-state index contributed by atoms with van der Waals surface area (Å²) < 4.78 is 0.848. The number of nitrogens with one attached hydrogen (secondary N) is 1. The van der Waals surface area contributed by atoms with Crippen molar-refractivity contribution >= 4 is 22.9 Å². The zero-order valence-electron chi connectivity index (χ0n) is 6.60. The Morgan fingerprint density at radius 2 is 2.27 bits per heavy atom. The van der Waals surface area contributed by atoms with Crippen LogP contribution in [0.15, 0.2) is 12.1 Å². The van der Waals surface area contributed by atoms with Crippen molar-refractivity contribution in [3.8, 4) is 0 Å². The number of thiophene rings is 1. The van der Waals surface area contributed by atoms with Crippen molar-refractivity contribution in [2.45, 2.75) is 6.54 Å². The number of hydrazine groups is 1. The van der Waals surface area contributed by atoms with Crippen LogP contribution in [0.5, 0.6) is 0 Å². The molecule has 0 aromatic carbocycles. The van der Waals surface area contributed by atoms with Crippen molar-refractivity contribution in [2.75, 3.05) is 14.1 Å². The first-order valence-electron chi connectivity index (χ1n) is 3.33. The first kappa shape index (κ1) is 9.00. The molecule has 0 amide bonds. The van der Waals surface area contributed by atoms with Gasteiger partial charge < -0.3 is 0 Å². The maximum Gasteiger partial charge on any atom is 0.0931 e. The average Bonchev–Trinajstić information content (AvgIpc) is 2.31. The maximum absolute atomic E-state index is 5.75. The molecule has 0 radical (unpaired) electrons. The van der Waals surface area contributed by atoms with Gasteiger partial charge in [0, 0.05) is 25.5 Å². The fraction of sp³-hybridized carbons (Fsp3) is 0.429. The Labute approximate surface area is 75.7 Å². The van der Waals surface area contributed by atoms with Crippen molar-refractivity contribution in [3.63, 3.8) is 0 Å². The molecule has 0 aliphatic heterocycles. The predicted octanol–water partition coefficient (Wildman–Crippen LogP) is 1.97. The van der Waals surface area contributed by atoms with Crippen molar-refractivity contribution < 1.29 is 0 Å². The molecule has 0 aliphatic carbocycles. The number of halogens is 1. The van der Waals surface area contributed by atoms with Crippen LogP contribution in [0, 0.1) is 0 Å². The minimum atomic E-state index is 0.848. The van der Waals surface area contributed by atoms with Crippen LogP contribution in [0.1, 0.15) is 4.88 Å². The van der Waals surface area contributed by atoms with Gasteiger partial charge in [-0.1, -0.05) is 11.6 Å². The third-order valence-corrected chi connectivity index (χ3v) is 2.43. The lowest BCUT2D eigenvalue weighted by Crippen LogP contribution is -2.29. The number of hydrogen-bond donors (Lipinski definition) is 1. The lowest BCUT2D eigenvalue weighted by Gasteiger charge is -2.09. The highest BCUT2D eigenvalue weighted by Gasteiger charge is 1.96. The summed E-state index contributed by atoms with van der Waals surface area (Å²) in [5, 5.41) is 1.92. The van der Waals surface area contributed by atoms with Crippen LogP contribution < -0.4 is 5.43 Å².